The number of piperidine rings is 1. The van der Waals surface area contributed by atoms with Gasteiger partial charge in [-0.25, -0.2) is 23.4 Å². The van der Waals surface area contributed by atoms with Crippen LogP contribution in [0.15, 0.2) is 36.9 Å². The van der Waals surface area contributed by atoms with Gasteiger partial charge in [-0.15, -0.1) is 0 Å². The van der Waals surface area contributed by atoms with E-state index in [0.717, 1.165) is 46.7 Å². The Bertz CT molecular complexity index is 1550. The molecule has 1 aliphatic carbocycles. The Morgan fingerprint density at radius 1 is 1.08 bits per heavy atom. The van der Waals surface area contributed by atoms with Crippen LogP contribution in [0, 0.1) is 0 Å². The molecule has 5 heterocycles. The molecular weight excluding hydrogens is 494 g/mol. The zero-order valence-corrected chi connectivity index (χ0v) is 21.5. The summed E-state index contributed by atoms with van der Waals surface area (Å²) in [7, 11) is -3.45. The number of aliphatic hydroxyl groups is 1. The van der Waals surface area contributed by atoms with Crippen molar-refractivity contribution in [3.05, 3.63) is 36.9 Å². The van der Waals surface area contributed by atoms with Crippen LogP contribution in [0.1, 0.15) is 45.6 Å². The SMILES string of the molecule is CC(C)n1nc(N2CCC(O)CC2)c2cnc(Nc3ccnc(-c4cnn(S(=O)(=O)C5CC5)c4)n3)cc21. The summed E-state index contributed by atoms with van der Waals surface area (Å²) in [6, 6.07) is 3.83. The van der Waals surface area contributed by atoms with Gasteiger partial charge in [0.05, 0.1) is 40.2 Å². The van der Waals surface area contributed by atoms with Crippen molar-refractivity contribution in [3.63, 3.8) is 0 Å². The molecule has 1 aliphatic heterocycles. The smallest absolute Gasteiger partial charge is 0.256 e. The van der Waals surface area contributed by atoms with Gasteiger partial charge in [-0.3, -0.25) is 4.68 Å². The van der Waals surface area contributed by atoms with Gasteiger partial charge < -0.3 is 15.3 Å². The maximum Gasteiger partial charge on any atom is 0.256 e. The summed E-state index contributed by atoms with van der Waals surface area (Å²) in [5, 5.41) is 22.7. The lowest BCUT2D eigenvalue weighted by Crippen LogP contribution is -2.36. The fraction of sp³-hybridized carbons (Fsp3) is 0.458. The standard InChI is InChI=1S/C24H29N9O3S/c1-15(2)33-20-11-22(26-13-19(20)24(30-33)31-9-6-17(34)7-10-31)28-21-5-8-25-23(29-21)16-12-27-32(14-16)37(35,36)18-3-4-18/h5,8,11-15,17-18,34H,3-4,6-7,9-10H2,1-2H3,(H,25,26,28,29). The largest absolute Gasteiger partial charge is 0.393 e. The van der Waals surface area contributed by atoms with Gasteiger partial charge in [0.1, 0.15) is 11.6 Å². The molecule has 4 aromatic rings. The number of hydrogen-bond acceptors (Lipinski definition) is 10. The van der Waals surface area contributed by atoms with Crippen LogP contribution < -0.4 is 10.2 Å². The lowest BCUT2D eigenvalue weighted by Gasteiger charge is -2.29. The minimum absolute atomic E-state index is 0.149. The fourth-order valence-corrected chi connectivity index (χ4v) is 6.04. The summed E-state index contributed by atoms with van der Waals surface area (Å²) in [5.74, 6) is 2.38. The molecule has 37 heavy (non-hydrogen) atoms. The zero-order chi connectivity index (χ0) is 25.7. The number of aromatic nitrogens is 7. The third-order valence-corrected chi connectivity index (χ3v) is 8.80. The summed E-state index contributed by atoms with van der Waals surface area (Å²) < 4.78 is 27.9. The normalized spacial score (nSPS) is 17.1. The molecule has 0 unspecified atom stereocenters. The first-order valence-corrected chi connectivity index (χ1v) is 14.0. The number of nitrogens with zero attached hydrogens (tertiary/aromatic N) is 8. The molecule has 194 valence electrons. The van der Waals surface area contributed by atoms with Crippen LogP contribution in [0.5, 0.6) is 0 Å². The van der Waals surface area contributed by atoms with Crippen LogP contribution >= 0.6 is 0 Å². The van der Waals surface area contributed by atoms with Gasteiger partial charge in [0.2, 0.25) is 0 Å². The second kappa shape index (κ2) is 9.06. The van der Waals surface area contributed by atoms with Gasteiger partial charge >= 0.3 is 0 Å². The summed E-state index contributed by atoms with van der Waals surface area (Å²) >= 11 is 0. The highest BCUT2D eigenvalue weighted by atomic mass is 32.2. The monoisotopic (exact) mass is 523 g/mol. The number of pyridine rings is 1. The third kappa shape index (κ3) is 4.53. The molecule has 1 saturated carbocycles. The topological polar surface area (TPSA) is 144 Å². The van der Waals surface area contributed by atoms with E-state index in [2.05, 4.69) is 44.1 Å². The van der Waals surface area contributed by atoms with Crippen molar-refractivity contribution in [1.29, 1.82) is 0 Å². The van der Waals surface area contributed by atoms with Crippen molar-refractivity contribution in [2.24, 2.45) is 0 Å². The first-order chi connectivity index (χ1) is 17.8. The molecule has 0 radical (unpaired) electrons. The Kier molecular flexibility index (Phi) is 5.83. The van der Waals surface area contributed by atoms with Crippen LogP contribution in [-0.2, 0) is 10.0 Å². The number of fused-ring (bicyclic) bond motifs is 1. The van der Waals surface area contributed by atoms with E-state index in [4.69, 9.17) is 5.10 Å². The maximum absolute atomic E-state index is 12.5. The van der Waals surface area contributed by atoms with E-state index in [1.54, 1.807) is 12.3 Å². The van der Waals surface area contributed by atoms with Crippen molar-refractivity contribution >= 4 is 38.4 Å². The molecule has 0 bridgehead atoms. The van der Waals surface area contributed by atoms with Gasteiger partial charge in [-0.2, -0.15) is 14.3 Å². The number of hydrogen-bond donors (Lipinski definition) is 2. The molecule has 0 spiro atoms. The second-order valence-electron chi connectivity index (χ2n) is 9.90. The van der Waals surface area contributed by atoms with Crippen LogP contribution in [0.25, 0.3) is 22.3 Å². The average molecular weight is 524 g/mol. The first kappa shape index (κ1) is 23.8. The second-order valence-corrected chi connectivity index (χ2v) is 12.0. The van der Waals surface area contributed by atoms with Crippen molar-refractivity contribution in [2.75, 3.05) is 23.3 Å². The van der Waals surface area contributed by atoms with E-state index < -0.39 is 10.0 Å². The minimum Gasteiger partial charge on any atom is -0.393 e. The van der Waals surface area contributed by atoms with E-state index in [0.29, 0.717) is 35.9 Å². The third-order valence-electron chi connectivity index (χ3n) is 6.76. The fourth-order valence-electron chi connectivity index (χ4n) is 4.57. The lowest BCUT2D eigenvalue weighted by molar-refractivity contribution is 0.145. The van der Waals surface area contributed by atoms with Gasteiger partial charge in [-0.05, 0) is 45.6 Å². The number of rotatable bonds is 7. The number of aliphatic hydroxyl groups excluding tert-OH is 1. The molecule has 2 N–H and O–H groups in total. The Balaban J connectivity index is 1.27. The van der Waals surface area contributed by atoms with E-state index in [1.165, 1.54) is 12.4 Å². The highest BCUT2D eigenvalue weighted by Crippen LogP contribution is 2.32. The van der Waals surface area contributed by atoms with Crippen molar-refractivity contribution < 1.29 is 13.5 Å². The Labute approximate surface area is 214 Å². The van der Waals surface area contributed by atoms with E-state index in [-0.39, 0.29) is 17.4 Å². The summed E-state index contributed by atoms with van der Waals surface area (Å²) in [5.41, 5.74) is 1.47. The summed E-state index contributed by atoms with van der Waals surface area (Å²) in [6.07, 6.45) is 8.89. The van der Waals surface area contributed by atoms with Gasteiger partial charge in [0.25, 0.3) is 10.0 Å². The minimum atomic E-state index is -3.45. The molecule has 0 atom stereocenters. The van der Waals surface area contributed by atoms with E-state index >= 15 is 0 Å². The van der Waals surface area contributed by atoms with Crippen LogP contribution in [0.3, 0.4) is 0 Å². The molecular formula is C24H29N9O3S. The van der Waals surface area contributed by atoms with Crippen LogP contribution in [0.2, 0.25) is 0 Å². The van der Waals surface area contributed by atoms with Crippen LogP contribution in [-0.4, -0.2) is 71.9 Å². The maximum atomic E-state index is 12.5. The van der Waals surface area contributed by atoms with Crippen molar-refractivity contribution in [2.45, 2.75) is 56.9 Å². The molecule has 12 nitrogen and oxygen atoms in total. The molecule has 13 heteroatoms. The molecule has 2 aliphatic rings. The quantitative estimate of drug-likeness (QED) is 0.371. The summed E-state index contributed by atoms with van der Waals surface area (Å²) in [4.78, 5) is 15.7. The molecule has 1 saturated heterocycles. The Hall–Kier alpha value is -3.58. The predicted octanol–water partition coefficient (Wildman–Crippen LogP) is 2.71. The molecule has 0 aromatic carbocycles. The van der Waals surface area contributed by atoms with Crippen molar-refractivity contribution in [1.82, 2.24) is 33.9 Å². The molecule has 2 fully saturated rings. The molecule has 4 aromatic heterocycles. The highest BCUT2D eigenvalue weighted by Gasteiger charge is 2.37. The van der Waals surface area contributed by atoms with E-state index in [1.807, 2.05) is 16.9 Å². The number of anilines is 3. The molecule has 6 rings (SSSR count). The first-order valence-electron chi connectivity index (χ1n) is 12.5. The zero-order valence-electron chi connectivity index (χ0n) is 20.7. The van der Waals surface area contributed by atoms with Gasteiger partial charge in [0.15, 0.2) is 11.6 Å². The van der Waals surface area contributed by atoms with E-state index in [9.17, 15) is 13.5 Å². The van der Waals surface area contributed by atoms with Crippen molar-refractivity contribution in [3.8, 4) is 11.4 Å². The molecule has 0 amide bonds. The lowest BCUT2D eigenvalue weighted by atomic mass is 10.1. The Morgan fingerprint density at radius 3 is 2.59 bits per heavy atom. The summed E-state index contributed by atoms with van der Waals surface area (Å²) in [6.45, 7) is 5.69. The number of nitrogens with one attached hydrogen (secondary N) is 1. The Morgan fingerprint density at radius 2 is 1.86 bits per heavy atom. The highest BCUT2D eigenvalue weighted by molar-refractivity contribution is 7.90. The average Bonchev–Trinajstić information content (AvgIpc) is 3.51. The van der Waals surface area contributed by atoms with Gasteiger partial charge in [-0.1, -0.05) is 0 Å². The van der Waals surface area contributed by atoms with Crippen LogP contribution in [0.4, 0.5) is 17.5 Å². The van der Waals surface area contributed by atoms with Gasteiger partial charge in [0, 0.05) is 37.6 Å². The predicted molar refractivity (Wildman–Crippen MR) is 139 cm³/mol.